The summed E-state index contributed by atoms with van der Waals surface area (Å²) in [6.07, 6.45) is -11.2. The van der Waals surface area contributed by atoms with E-state index < -0.39 is 29.8 Å². The predicted octanol–water partition coefficient (Wildman–Crippen LogP) is 7.13. The van der Waals surface area contributed by atoms with Crippen molar-refractivity contribution in [3.8, 4) is 0 Å². The Hall–Kier alpha value is -1.20. The summed E-state index contributed by atoms with van der Waals surface area (Å²) < 4.78 is 82.8. The highest BCUT2D eigenvalue weighted by Gasteiger charge is 2.70. The molecule has 6 heteroatoms. The molecule has 0 heterocycles. The van der Waals surface area contributed by atoms with Crippen LogP contribution in [0.25, 0.3) is 0 Å². The zero-order valence-electron chi connectivity index (χ0n) is 15.3. The summed E-state index contributed by atoms with van der Waals surface area (Å²) in [5.41, 5.74) is -3.47. The Bertz CT molecular complexity index is 556. The number of hydrogen-bond donors (Lipinski definition) is 0. The smallest absolute Gasteiger partial charge is 0.170 e. The minimum atomic E-state index is -5.41. The Morgan fingerprint density at radius 1 is 0.840 bits per heavy atom. The molecule has 0 aliphatic heterocycles. The van der Waals surface area contributed by atoms with Crippen LogP contribution < -0.4 is 0 Å². The number of alkyl halides is 6. The van der Waals surface area contributed by atoms with E-state index in [4.69, 9.17) is 0 Å². The van der Waals surface area contributed by atoms with Gasteiger partial charge in [-0.3, -0.25) is 0 Å². The molecule has 0 saturated carbocycles. The Morgan fingerprint density at radius 2 is 1.36 bits per heavy atom. The van der Waals surface area contributed by atoms with E-state index in [0.29, 0.717) is 11.1 Å². The average molecular weight is 368 g/mol. The third kappa shape index (κ3) is 4.32. The maximum atomic E-state index is 13.8. The Labute approximate surface area is 145 Å². The van der Waals surface area contributed by atoms with Gasteiger partial charge in [-0.1, -0.05) is 45.4 Å². The fraction of sp³-hybridized carbons (Fsp3) is 0.684. The summed E-state index contributed by atoms with van der Waals surface area (Å²) in [5, 5.41) is 0. The van der Waals surface area contributed by atoms with Gasteiger partial charge in [-0.05, 0) is 55.2 Å². The second kappa shape index (κ2) is 7.58. The van der Waals surface area contributed by atoms with Crippen molar-refractivity contribution in [3.63, 3.8) is 0 Å². The first-order valence-corrected chi connectivity index (χ1v) is 8.49. The van der Waals surface area contributed by atoms with Gasteiger partial charge in [0.1, 0.15) is 0 Å². The lowest BCUT2D eigenvalue weighted by Crippen LogP contribution is -2.54. The van der Waals surface area contributed by atoms with Crippen molar-refractivity contribution >= 4 is 0 Å². The maximum Gasteiger partial charge on any atom is 0.407 e. The molecule has 0 fully saturated rings. The number of benzene rings is 1. The highest BCUT2D eigenvalue weighted by molar-refractivity contribution is 5.37. The molecule has 2 unspecified atom stereocenters. The number of hydrogen-bond acceptors (Lipinski definition) is 0. The number of rotatable bonds is 6. The third-order valence-corrected chi connectivity index (χ3v) is 5.56. The minimum Gasteiger partial charge on any atom is -0.170 e. The summed E-state index contributed by atoms with van der Waals surface area (Å²) in [6.45, 7) is 8.63. The van der Waals surface area contributed by atoms with E-state index >= 15 is 0 Å². The van der Waals surface area contributed by atoms with E-state index in [0.717, 1.165) is 18.6 Å². The summed E-state index contributed by atoms with van der Waals surface area (Å²) in [7, 11) is 0. The Morgan fingerprint density at radius 3 is 1.76 bits per heavy atom. The fourth-order valence-electron chi connectivity index (χ4n) is 3.05. The monoisotopic (exact) mass is 368 g/mol. The van der Waals surface area contributed by atoms with E-state index in [1.54, 1.807) is 13.8 Å². The van der Waals surface area contributed by atoms with Crippen molar-refractivity contribution in [2.45, 2.75) is 71.6 Å². The van der Waals surface area contributed by atoms with Crippen LogP contribution in [0.1, 0.15) is 56.7 Å². The third-order valence-electron chi connectivity index (χ3n) is 5.56. The summed E-state index contributed by atoms with van der Waals surface area (Å²) in [6, 6.07) is 3.33. The normalized spacial score (nSPS) is 16.0. The van der Waals surface area contributed by atoms with Gasteiger partial charge < -0.3 is 0 Å². The highest BCUT2D eigenvalue weighted by Crippen LogP contribution is 2.55. The quantitative estimate of drug-likeness (QED) is 0.469. The van der Waals surface area contributed by atoms with Gasteiger partial charge in [-0.25, -0.2) is 0 Å². The molecule has 0 spiro atoms. The van der Waals surface area contributed by atoms with Gasteiger partial charge >= 0.3 is 12.4 Å². The minimum absolute atomic E-state index is 0.0684. The van der Waals surface area contributed by atoms with Crippen molar-refractivity contribution in [2.75, 3.05) is 0 Å². The molecule has 1 aromatic carbocycles. The molecular weight excluding hydrogens is 342 g/mol. The van der Waals surface area contributed by atoms with Crippen molar-refractivity contribution in [2.24, 2.45) is 11.8 Å². The van der Waals surface area contributed by atoms with E-state index in [9.17, 15) is 26.3 Å². The maximum absolute atomic E-state index is 13.8. The molecule has 0 aliphatic rings. The first-order chi connectivity index (χ1) is 11.3. The molecule has 144 valence electrons. The molecule has 25 heavy (non-hydrogen) atoms. The Balaban J connectivity index is 3.46. The zero-order valence-corrected chi connectivity index (χ0v) is 15.3. The predicted molar refractivity (Wildman–Crippen MR) is 87.6 cm³/mol. The second-order valence-corrected chi connectivity index (χ2v) is 7.10. The van der Waals surface area contributed by atoms with Crippen LogP contribution in [0.2, 0.25) is 0 Å². The standard InChI is InChI=1S/C19H26F6/c1-6-12(2)14(4)9-10-17(18(20,21)22,19(23,24)25)16-8-7-13(3)15(5)11-16/h7-8,11-12,14H,6,9-10H2,1-5H3. The van der Waals surface area contributed by atoms with Crippen LogP contribution in [-0.2, 0) is 5.41 Å². The van der Waals surface area contributed by atoms with Crippen LogP contribution in [0.5, 0.6) is 0 Å². The van der Waals surface area contributed by atoms with E-state index in [1.807, 2.05) is 13.8 Å². The van der Waals surface area contributed by atoms with Gasteiger partial charge in [0.05, 0.1) is 0 Å². The lowest BCUT2D eigenvalue weighted by atomic mass is 9.72. The van der Waals surface area contributed by atoms with Crippen molar-refractivity contribution in [1.82, 2.24) is 0 Å². The molecule has 2 atom stereocenters. The van der Waals surface area contributed by atoms with Crippen LogP contribution in [0.3, 0.4) is 0 Å². The lowest BCUT2D eigenvalue weighted by Gasteiger charge is -2.39. The topological polar surface area (TPSA) is 0 Å². The van der Waals surface area contributed by atoms with E-state index in [-0.39, 0.29) is 18.3 Å². The summed E-state index contributed by atoms with van der Waals surface area (Å²) in [4.78, 5) is 0. The van der Waals surface area contributed by atoms with Crippen molar-refractivity contribution < 1.29 is 26.3 Å². The lowest BCUT2D eigenvalue weighted by molar-refractivity contribution is -0.306. The number of halogens is 6. The number of aryl methyl sites for hydroxylation is 2. The van der Waals surface area contributed by atoms with Gasteiger partial charge in [-0.2, -0.15) is 26.3 Å². The molecule has 0 bridgehead atoms. The van der Waals surface area contributed by atoms with Gasteiger partial charge in [0.2, 0.25) is 0 Å². The highest BCUT2D eigenvalue weighted by atomic mass is 19.4. The van der Waals surface area contributed by atoms with Gasteiger partial charge in [0.15, 0.2) is 5.41 Å². The van der Waals surface area contributed by atoms with Gasteiger partial charge in [0, 0.05) is 0 Å². The molecule has 0 saturated heterocycles. The second-order valence-electron chi connectivity index (χ2n) is 7.10. The molecular formula is C19H26F6. The van der Waals surface area contributed by atoms with Crippen LogP contribution >= 0.6 is 0 Å². The van der Waals surface area contributed by atoms with Crippen LogP contribution in [0.4, 0.5) is 26.3 Å². The van der Waals surface area contributed by atoms with Crippen LogP contribution in [0.15, 0.2) is 18.2 Å². The Kier molecular flexibility index (Phi) is 6.63. The summed E-state index contributed by atoms with van der Waals surface area (Å²) >= 11 is 0. The van der Waals surface area contributed by atoms with E-state index in [2.05, 4.69) is 0 Å². The van der Waals surface area contributed by atoms with Gasteiger partial charge in [-0.15, -0.1) is 0 Å². The molecule has 0 aliphatic carbocycles. The van der Waals surface area contributed by atoms with Crippen LogP contribution in [-0.4, -0.2) is 12.4 Å². The average Bonchev–Trinajstić information content (AvgIpc) is 2.47. The van der Waals surface area contributed by atoms with Crippen molar-refractivity contribution in [1.29, 1.82) is 0 Å². The zero-order chi connectivity index (χ0) is 19.6. The fourth-order valence-corrected chi connectivity index (χ4v) is 3.05. The molecule has 0 radical (unpaired) electrons. The molecule has 0 nitrogen and oxygen atoms in total. The first kappa shape index (κ1) is 21.8. The largest absolute Gasteiger partial charge is 0.407 e. The molecule has 0 amide bonds. The first-order valence-electron chi connectivity index (χ1n) is 8.49. The van der Waals surface area contributed by atoms with Crippen molar-refractivity contribution in [3.05, 3.63) is 34.9 Å². The molecule has 1 rings (SSSR count). The van der Waals surface area contributed by atoms with Gasteiger partial charge in [0.25, 0.3) is 0 Å². The summed E-state index contributed by atoms with van der Waals surface area (Å²) in [5.74, 6) is -0.153. The molecule has 0 aromatic heterocycles. The molecule has 0 N–H and O–H groups in total. The van der Waals surface area contributed by atoms with E-state index in [1.165, 1.54) is 13.0 Å². The SMILES string of the molecule is CCC(C)C(C)CCC(c1ccc(C)c(C)c1)(C(F)(F)F)C(F)(F)F. The van der Waals surface area contributed by atoms with Crippen LogP contribution in [0, 0.1) is 25.7 Å². The molecule has 1 aromatic rings.